The second-order valence-corrected chi connectivity index (χ2v) is 6.94. The number of carbonyl (C=O) groups excluding carboxylic acids is 4. The summed E-state index contributed by atoms with van der Waals surface area (Å²) in [7, 11) is 0. The van der Waals surface area contributed by atoms with E-state index < -0.39 is 29.7 Å². The van der Waals surface area contributed by atoms with Gasteiger partial charge in [0.05, 0.1) is 6.42 Å². The third-order valence-corrected chi connectivity index (χ3v) is 3.21. The second-order valence-electron chi connectivity index (χ2n) is 6.94. The van der Waals surface area contributed by atoms with Gasteiger partial charge in [-0.05, 0) is 46.8 Å². The minimum absolute atomic E-state index is 0.0305. The van der Waals surface area contributed by atoms with Gasteiger partial charge in [-0.2, -0.15) is 0 Å². The highest BCUT2D eigenvalue weighted by atomic mass is 16.6. The number of esters is 1. The Labute approximate surface area is 158 Å². The summed E-state index contributed by atoms with van der Waals surface area (Å²) in [5.74, 6) is -1.28. The van der Waals surface area contributed by atoms with Crippen LogP contribution in [0.2, 0.25) is 0 Å². The number of ketones is 1. The van der Waals surface area contributed by atoms with E-state index in [9.17, 15) is 19.2 Å². The monoisotopic (exact) mass is 378 g/mol. The van der Waals surface area contributed by atoms with Crippen LogP contribution in [0.4, 0.5) is 10.5 Å². The summed E-state index contributed by atoms with van der Waals surface area (Å²) in [6, 6.07) is 6.45. The average molecular weight is 378 g/mol. The van der Waals surface area contributed by atoms with E-state index in [1.54, 1.807) is 45.0 Å². The summed E-state index contributed by atoms with van der Waals surface area (Å²) in [6.07, 6.45) is -1.76. The molecule has 2 amide bonds. The van der Waals surface area contributed by atoms with Gasteiger partial charge in [-0.15, -0.1) is 0 Å². The molecule has 1 aromatic carbocycles. The molecule has 8 heteroatoms. The first-order chi connectivity index (χ1) is 12.5. The van der Waals surface area contributed by atoms with Crippen LogP contribution < -0.4 is 10.6 Å². The number of rotatable bonds is 7. The zero-order valence-corrected chi connectivity index (χ0v) is 16.3. The number of Topliss-reactive ketones (excluding diaryl/α,β-unsaturated/α-hetero) is 1. The number of hydrogen-bond donors (Lipinski definition) is 2. The lowest BCUT2D eigenvalue weighted by molar-refractivity contribution is -0.153. The molecule has 148 valence electrons. The van der Waals surface area contributed by atoms with Crippen molar-refractivity contribution >= 4 is 29.4 Å². The van der Waals surface area contributed by atoms with Crippen molar-refractivity contribution in [2.24, 2.45) is 0 Å². The Morgan fingerprint density at radius 1 is 1.15 bits per heavy atom. The second kappa shape index (κ2) is 9.70. The van der Waals surface area contributed by atoms with Crippen molar-refractivity contribution in [3.8, 4) is 0 Å². The van der Waals surface area contributed by atoms with E-state index in [0.29, 0.717) is 11.3 Å². The fourth-order valence-corrected chi connectivity index (χ4v) is 1.95. The van der Waals surface area contributed by atoms with E-state index >= 15 is 0 Å². The highest BCUT2D eigenvalue weighted by molar-refractivity contribution is 5.98. The Hall–Kier alpha value is -2.90. The lowest BCUT2D eigenvalue weighted by Crippen LogP contribution is -2.35. The van der Waals surface area contributed by atoms with Crippen molar-refractivity contribution in [2.75, 3.05) is 11.9 Å². The molecular weight excluding hydrogens is 352 g/mol. The van der Waals surface area contributed by atoms with Gasteiger partial charge in [-0.3, -0.25) is 14.4 Å². The van der Waals surface area contributed by atoms with Crippen molar-refractivity contribution in [2.45, 2.75) is 52.7 Å². The van der Waals surface area contributed by atoms with Crippen LogP contribution in [0.15, 0.2) is 24.3 Å². The number of anilines is 1. The maximum atomic E-state index is 12.1. The largest absolute Gasteiger partial charge is 0.452 e. The number of nitrogens with one attached hydrogen (secondary N) is 2. The molecule has 0 fully saturated rings. The van der Waals surface area contributed by atoms with Gasteiger partial charge in [0, 0.05) is 17.8 Å². The molecule has 0 saturated heterocycles. The molecule has 0 radical (unpaired) electrons. The summed E-state index contributed by atoms with van der Waals surface area (Å²) < 4.78 is 10.1. The summed E-state index contributed by atoms with van der Waals surface area (Å²) in [5.41, 5.74) is 0.268. The smallest absolute Gasteiger partial charge is 0.407 e. The zero-order chi connectivity index (χ0) is 20.6. The van der Waals surface area contributed by atoms with Gasteiger partial charge in [-0.1, -0.05) is 12.1 Å². The molecule has 0 unspecified atom stereocenters. The van der Waals surface area contributed by atoms with Gasteiger partial charge in [0.1, 0.15) is 5.60 Å². The first-order valence-corrected chi connectivity index (χ1v) is 8.56. The Bertz CT molecular complexity index is 708. The normalized spacial score (nSPS) is 11.9. The summed E-state index contributed by atoms with van der Waals surface area (Å²) in [6.45, 7) is 8.08. The molecule has 1 rings (SSSR count). The SMILES string of the molecule is CC(=O)c1cccc(NC(=O)[C@@H](C)OC(=O)CCNC(=O)OC(C)(C)C)c1. The first-order valence-electron chi connectivity index (χ1n) is 8.56. The predicted molar refractivity (Wildman–Crippen MR) is 99.5 cm³/mol. The molecule has 0 heterocycles. The number of alkyl carbamates (subject to hydrolysis) is 1. The fourth-order valence-electron chi connectivity index (χ4n) is 1.95. The molecule has 0 aliphatic carbocycles. The molecule has 0 spiro atoms. The standard InChI is InChI=1S/C19H26N2O6/c1-12(22)14-7-6-8-15(11-14)21-17(24)13(2)26-16(23)9-10-20-18(25)27-19(3,4)5/h6-8,11,13H,9-10H2,1-5H3,(H,20,25)(H,21,24)/t13-/m1/s1. The Morgan fingerprint density at radius 3 is 2.41 bits per heavy atom. The highest BCUT2D eigenvalue weighted by Gasteiger charge is 2.19. The van der Waals surface area contributed by atoms with Gasteiger partial charge in [0.15, 0.2) is 11.9 Å². The molecule has 27 heavy (non-hydrogen) atoms. The van der Waals surface area contributed by atoms with Crippen LogP contribution in [0.1, 0.15) is 51.4 Å². The van der Waals surface area contributed by atoms with Crippen LogP contribution in [0.3, 0.4) is 0 Å². The molecule has 1 aromatic rings. The molecule has 2 N–H and O–H groups in total. The van der Waals surface area contributed by atoms with Crippen molar-refractivity contribution < 1.29 is 28.7 Å². The van der Waals surface area contributed by atoms with Crippen molar-refractivity contribution in [3.05, 3.63) is 29.8 Å². The molecule has 1 atom stereocenters. The van der Waals surface area contributed by atoms with Gasteiger partial charge < -0.3 is 20.1 Å². The molecular formula is C19H26N2O6. The summed E-state index contributed by atoms with van der Waals surface area (Å²) >= 11 is 0. The average Bonchev–Trinajstić information content (AvgIpc) is 2.53. The van der Waals surface area contributed by atoms with Crippen LogP contribution in [0.5, 0.6) is 0 Å². The molecule has 0 saturated carbocycles. The third kappa shape index (κ3) is 8.84. The van der Waals surface area contributed by atoms with Crippen molar-refractivity contribution in [1.82, 2.24) is 5.32 Å². The molecule has 0 aromatic heterocycles. The molecule has 0 bridgehead atoms. The number of hydrogen-bond acceptors (Lipinski definition) is 6. The zero-order valence-electron chi connectivity index (χ0n) is 16.3. The van der Waals surface area contributed by atoms with E-state index in [1.165, 1.54) is 13.8 Å². The topological polar surface area (TPSA) is 111 Å². The van der Waals surface area contributed by atoms with Crippen LogP contribution >= 0.6 is 0 Å². The van der Waals surface area contributed by atoms with Gasteiger partial charge in [0.25, 0.3) is 5.91 Å². The van der Waals surface area contributed by atoms with Crippen LogP contribution in [-0.2, 0) is 19.1 Å². The van der Waals surface area contributed by atoms with E-state index in [-0.39, 0.29) is 18.7 Å². The number of benzene rings is 1. The lowest BCUT2D eigenvalue weighted by atomic mass is 10.1. The third-order valence-electron chi connectivity index (χ3n) is 3.21. The minimum atomic E-state index is -1.03. The van der Waals surface area contributed by atoms with Gasteiger partial charge in [0.2, 0.25) is 0 Å². The maximum absolute atomic E-state index is 12.1. The van der Waals surface area contributed by atoms with Crippen LogP contribution in [0, 0.1) is 0 Å². The Kier molecular flexibility index (Phi) is 7.96. The Morgan fingerprint density at radius 2 is 1.81 bits per heavy atom. The predicted octanol–water partition coefficient (Wildman–Crippen LogP) is 2.67. The van der Waals surface area contributed by atoms with E-state index in [4.69, 9.17) is 9.47 Å². The van der Waals surface area contributed by atoms with E-state index in [1.807, 2.05) is 0 Å². The van der Waals surface area contributed by atoms with E-state index in [2.05, 4.69) is 10.6 Å². The first kappa shape index (κ1) is 22.1. The minimum Gasteiger partial charge on any atom is -0.452 e. The van der Waals surface area contributed by atoms with Gasteiger partial charge in [-0.25, -0.2) is 4.79 Å². The summed E-state index contributed by atoms with van der Waals surface area (Å²) in [4.78, 5) is 46.7. The van der Waals surface area contributed by atoms with Crippen molar-refractivity contribution in [1.29, 1.82) is 0 Å². The van der Waals surface area contributed by atoms with Crippen LogP contribution in [0.25, 0.3) is 0 Å². The lowest BCUT2D eigenvalue weighted by Gasteiger charge is -2.19. The number of carbonyl (C=O) groups is 4. The maximum Gasteiger partial charge on any atom is 0.407 e. The molecule has 8 nitrogen and oxygen atoms in total. The van der Waals surface area contributed by atoms with Gasteiger partial charge >= 0.3 is 12.1 Å². The molecule has 0 aliphatic heterocycles. The number of ether oxygens (including phenoxy) is 2. The van der Waals surface area contributed by atoms with Crippen molar-refractivity contribution in [3.63, 3.8) is 0 Å². The summed E-state index contributed by atoms with van der Waals surface area (Å²) in [5, 5.41) is 5.02. The van der Waals surface area contributed by atoms with Crippen LogP contribution in [-0.4, -0.2) is 42.0 Å². The molecule has 0 aliphatic rings. The van der Waals surface area contributed by atoms with E-state index in [0.717, 1.165) is 0 Å². The highest BCUT2D eigenvalue weighted by Crippen LogP contribution is 2.12. The fraction of sp³-hybridized carbons (Fsp3) is 0.474. The number of amides is 2. The Balaban J connectivity index is 2.42. The quantitative estimate of drug-likeness (QED) is 0.557.